The molecule has 7 nitrogen and oxygen atoms in total. The lowest BCUT2D eigenvalue weighted by Crippen LogP contribution is -2.34. The van der Waals surface area contributed by atoms with Crippen LogP contribution in [-0.4, -0.2) is 46.4 Å². The van der Waals surface area contributed by atoms with E-state index in [4.69, 9.17) is 14.6 Å². The summed E-state index contributed by atoms with van der Waals surface area (Å²) in [6.07, 6.45) is -1.03. The molecule has 1 unspecified atom stereocenters. The Kier molecular flexibility index (Phi) is 5.93. The van der Waals surface area contributed by atoms with Crippen LogP contribution in [-0.2, 0) is 19.6 Å². The number of carbonyl (C=O) groups is 1. The number of ether oxygens (including phenoxy) is 2. The largest absolute Gasteiger partial charge is 0.495 e. The first kappa shape index (κ1) is 16.4. The van der Waals surface area contributed by atoms with Crippen LogP contribution in [0, 0.1) is 0 Å². The standard InChI is InChI=1S/C12H17NO6S/c1-18-9(7-12(14)15)8-13-20(16,17)11-6-4-3-5-10(11)19-2/h3-6,9,13H,7-8H2,1-2H3,(H,14,15). The average Bonchev–Trinajstić information content (AvgIpc) is 2.43. The minimum atomic E-state index is -3.79. The molecule has 112 valence electrons. The molecular weight excluding hydrogens is 286 g/mol. The molecule has 0 aliphatic carbocycles. The fourth-order valence-corrected chi connectivity index (χ4v) is 2.79. The summed E-state index contributed by atoms with van der Waals surface area (Å²) >= 11 is 0. The van der Waals surface area contributed by atoms with Gasteiger partial charge in [0.1, 0.15) is 10.6 Å². The Morgan fingerprint density at radius 1 is 1.35 bits per heavy atom. The van der Waals surface area contributed by atoms with Crippen LogP contribution in [0.25, 0.3) is 0 Å². The maximum absolute atomic E-state index is 12.1. The van der Waals surface area contributed by atoms with Gasteiger partial charge in [-0.15, -0.1) is 0 Å². The summed E-state index contributed by atoms with van der Waals surface area (Å²) in [6, 6.07) is 6.15. The molecule has 0 saturated carbocycles. The first-order valence-electron chi connectivity index (χ1n) is 5.78. The molecule has 0 amide bonds. The average molecular weight is 303 g/mol. The molecule has 1 rings (SSSR count). The van der Waals surface area contributed by atoms with Crippen molar-refractivity contribution in [3.63, 3.8) is 0 Å². The number of methoxy groups -OCH3 is 2. The molecule has 0 bridgehead atoms. The second kappa shape index (κ2) is 7.22. The minimum absolute atomic E-state index is 0.00678. The van der Waals surface area contributed by atoms with Gasteiger partial charge in [0.15, 0.2) is 0 Å². The molecule has 20 heavy (non-hydrogen) atoms. The summed E-state index contributed by atoms with van der Waals surface area (Å²) in [5.74, 6) is -0.847. The van der Waals surface area contributed by atoms with Gasteiger partial charge < -0.3 is 14.6 Å². The van der Waals surface area contributed by atoms with Crippen molar-refractivity contribution in [1.82, 2.24) is 4.72 Å². The monoisotopic (exact) mass is 303 g/mol. The van der Waals surface area contributed by atoms with Crippen LogP contribution in [0.2, 0.25) is 0 Å². The van der Waals surface area contributed by atoms with Gasteiger partial charge in [0, 0.05) is 13.7 Å². The maximum atomic E-state index is 12.1. The number of aliphatic carboxylic acids is 1. The predicted molar refractivity (Wildman–Crippen MR) is 71.2 cm³/mol. The molecule has 0 spiro atoms. The Bertz CT molecular complexity index is 557. The van der Waals surface area contributed by atoms with Crippen molar-refractivity contribution in [3.8, 4) is 5.75 Å². The van der Waals surface area contributed by atoms with E-state index < -0.39 is 22.1 Å². The van der Waals surface area contributed by atoms with Gasteiger partial charge in [0.05, 0.1) is 19.6 Å². The number of para-hydroxylation sites is 1. The van der Waals surface area contributed by atoms with Crippen molar-refractivity contribution in [2.24, 2.45) is 0 Å². The van der Waals surface area contributed by atoms with Crippen LogP contribution in [0.3, 0.4) is 0 Å². The second-order valence-corrected chi connectivity index (χ2v) is 5.69. The van der Waals surface area contributed by atoms with Crippen LogP contribution < -0.4 is 9.46 Å². The number of carboxylic acid groups (broad SMARTS) is 1. The quantitative estimate of drug-likeness (QED) is 0.723. The number of benzene rings is 1. The molecule has 0 fully saturated rings. The highest BCUT2D eigenvalue weighted by Gasteiger charge is 2.21. The van der Waals surface area contributed by atoms with Crippen molar-refractivity contribution in [2.45, 2.75) is 17.4 Å². The molecule has 0 radical (unpaired) electrons. The number of carboxylic acids is 1. The van der Waals surface area contributed by atoms with Gasteiger partial charge in [0.2, 0.25) is 10.0 Å². The van der Waals surface area contributed by atoms with Crippen LogP contribution in [0.4, 0.5) is 0 Å². The number of rotatable bonds is 8. The zero-order valence-corrected chi connectivity index (χ0v) is 12.0. The molecule has 1 aromatic rings. The van der Waals surface area contributed by atoms with Gasteiger partial charge in [-0.25, -0.2) is 13.1 Å². The molecule has 0 heterocycles. The Morgan fingerprint density at radius 2 is 2.00 bits per heavy atom. The number of hydrogen-bond acceptors (Lipinski definition) is 5. The normalized spacial score (nSPS) is 12.9. The van der Waals surface area contributed by atoms with Gasteiger partial charge in [-0.05, 0) is 12.1 Å². The molecule has 2 N–H and O–H groups in total. The van der Waals surface area contributed by atoms with Crippen LogP contribution in [0.5, 0.6) is 5.75 Å². The van der Waals surface area contributed by atoms with Crippen LogP contribution >= 0.6 is 0 Å². The van der Waals surface area contributed by atoms with Gasteiger partial charge in [-0.3, -0.25) is 4.79 Å². The van der Waals surface area contributed by atoms with Gasteiger partial charge in [-0.1, -0.05) is 12.1 Å². The highest BCUT2D eigenvalue weighted by molar-refractivity contribution is 7.89. The van der Waals surface area contributed by atoms with Gasteiger partial charge in [-0.2, -0.15) is 0 Å². The summed E-state index contributed by atoms with van der Waals surface area (Å²) in [5.41, 5.74) is 0. The number of nitrogens with one attached hydrogen (secondary N) is 1. The van der Waals surface area contributed by atoms with Crippen molar-refractivity contribution < 1.29 is 27.8 Å². The Labute approximate surface area is 117 Å². The van der Waals surface area contributed by atoms with Crippen molar-refractivity contribution >= 4 is 16.0 Å². The zero-order valence-electron chi connectivity index (χ0n) is 11.2. The van der Waals surface area contributed by atoms with Gasteiger partial charge in [0.25, 0.3) is 0 Å². The lowest BCUT2D eigenvalue weighted by molar-refractivity contribution is -0.139. The smallest absolute Gasteiger partial charge is 0.306 e. The van der Waals surface area contributed by atoms with Crippen LogP contribution in [0.1, 0.15) is 6.42 Å². The summed E-state index contributed by atoms with van der Waals surface area (Å²) in [6.45, 7) is -0.136. The zero-order chi connectivity index (χ0) is 15.2. The summed E-state index contributed by atoms with van der Waals surface area (Å²) in [4.78, 5) is 10.6. The predicted octanol–water partition coefficient (Wildman–Crippen LogP) is 0.463. The highest BCUT2D eigenvalue weighted by atomic mass is 32.2. The Balaban J connectivity index is 2.82. The molecule has 8 heteroatoms. The van der Waals surface area contributed by atoms with E-state index in [2.05, 4.69) is 4.72 Å². The van der Waals surface area contributed by atoms with Gasteiger partial charge >= 0.3 is 5.97 Å². The van der Waals surface area contributed by atoms with Crippen LogP contribution in [0.15, 0.2) is 29.2 Å². The highest BCUT2D eigenvalue weighted by Crippen LogP contribution is 2.22. The van der Waals surface area contributed by atoms with Crippen molar-refractivity contribution in [1.29, 1.82) is 0 Å². The lowest BCUT2D eigenvalue weighted by Gasteiger charge is -2.15. The molecule has 0 aromatic heterocycles. The maximum Gasteiger partial charge on any atom is 0.306 e. The second-order valence-electron chi connectivity index (χ2n) is 3.96. The molecule has 1 atom stereocenters. The van der Waals surface area contributed by atoms with E-state index in [0.717, 1.165) is 0 Å². The SMILES string of the molecule is COc1ccccc1S(=O)(=O)NCC(CC(=O)O)OC. The number of hydrogen-bond donors (Lipinski definition) is 2. The van der Waals surface area contributed by atoms with E-state index in [9.17, 15) is 13.2 Å². The summed E-state index contributed by atoms with van der Waals surface area (Å²) < 4.78 is 36.5. The fraction of sp³-hybridized carbons (Fsp3) is 0.417. The van der Waals surface area contributed by atoms with E-state index in [1.54, 1.807) is 12.1 Å². The molecule has 0 saturated heterocycles. The minimum Gasteiger partial charge on any atom is -0.495 e. The Morgan fingerprint density at radius 3 is 2.55 bits per heavy atom. The summed E-state index contributed by atoms with van der Waals surface area (Å²) in [5, 5.41) is 8.67. The Hall–Kier alpha value is -1.64. The van der Waals surface area contributed by atoms with Crippen molar-refractivity contribution in [2.75, 3.05) is 20.8 Å². The van der Waals surface area contributed by atoms with E-state index in [0.29, 0.717) is 0 Å². The third kappa shape index (κ3) is 4.48. The van der Waals surface area contributed by atoms with E-state index in [1.807, 2.05) is 0 Å². The molecule has 0 aliphatic heterocycles. The number of sulfonamides is 1. The third-order valence-electron chi connectivity index (χ3n) is 2.60. The first-order chi connectivity index (χ1) is 9.40. The third-order valence-corrected chi connectivity index (χ3v) is 4.06. The lowest BCUT2D eigenvalue weighted by atomic mass is 10.2. The topological polar surface area (TPSA) is 102 Å². The molecule has 1 aromatic carbocycles. The summed E-state index contributed by atoms with van der Waals surface area (Å²) in [7, 11) is -1.10. The molecular formula is C12H17NO6S. The van der Waals surface area contributed by atoms with Crippen molar-refractivity contribution in [3.05, 3.63) is 24.3 Å². The first-order valence-corrected chi connectivity index (χ1v) is 7.26. The van der Waals surface area contributed by atoms with E-state index in [-0.39, 0.29) is 23.6 Å². The fourth-order valence-electron chi connectivity index (χ4n) is 1.55. The van der Waals surface area contributed by atoms with E-state index >= 15 is 0 Å². The molecule has 0 aliphatic rings. The van der Waals surface area contributed by atoms with E-state index in [1.165, 1.54) is 26.4 Å².